The SMILES string of the molecule is O=C1/C(=C/c2ccc([N+](=O)[O-])cc2)CC(O)C/C1=C\c1ccc([N+](=O)[O-])cc1. The first kappa shape index (κ1) is 19.1. The smallest absolute Gasteiger partial charge is 0.269 e. The molecule has 1 aliphatic carbocycles. The Kier molecular flexibility index (Phi) is 5.42. The molecule has 2 aromatic carbocycles. The maximum atomic E-state index is 12.8. The van der Waals surface area contributed by atoms with Crippen molar-refractivity contribution < 1.29 is 19.7 Å². The average Bonchev–Trinajstić information content (AvgIpc) is 2.66. The molecule has 1 fully saturated rings. The van der Waals surface area contributed by atoms with Crippen LogP contribution in [0.15, 0.2) is 59.7 Å². The summed E-state index contributed by atoms with van der Waals surface area (Å²) in [4.78, 5) is 33.2. The molecule has 1 saturated carbocycles. The van der Waals surface area contributed by atoms with Crippen LogP contribution in [0.5, 0.6) is 0 Å². The zero-order chi connectivity index (χ0) is 20.3. The standard InChI is InChI=1S/C20H16N2O6/c23-19-11-15(9-13-1-5-17(6-2-13)21(25)26)20(24)16(12-19)10-14-3-7-18(8-4-14)22(27)28/h1-10,19,23H,11-12H2/b15-9+,16-10+. The fraction of sp³-hybridized carbons (Fsp3) is 0.150. The molecule has 0 unspecified atom stereocenters. The van der Waals surface area contributed by atoms with Crippen LogP contribution in [0.4, 0.5) is 11.4 Å². The first-order chi connectivity index (χ1) is 13.3. The summed E-state index contributed by atoms with van der Waals surface area (Å²) < 4.78 is 0. The van der Waals surface area contributed by atoms with Crippen LogP contribution in [-0.4, -0.2) is 26.8 Å². The molecule has 1 aliphatic rings. The Bertz CT molecular complexity index is 911. The second kappa shape index (κ2) is 7.93. The summed E-state index contributed by atoms with van der Waals surface area (Å²) in [6.45, 7) is 0. The van der Waals surface area contributed by atoms with Crippen molar-refractivity contribution in [1.82, 2.24) is 0 Å². The maximum Gasteiger partial charge on any atom is 0.269 e. The number of Topliss-reactive ketones (excluding diaryl/α,β-unsaturated/α-hetero) is 1. The number of carbonyl (C=O) groups excluding carboxylic acids is 1. The summed E-state index contributed by atoms with van der Waals surface area (Å²) in [5.74, 6) is -0.220. The molecule has 0 radical (unpaired) electrons. The monoisotopic (exact) mass is 380 g/mol. The predicted octanol–water partition coefficient (Wildman–Crippen LogP) is 3.69. The number of nitro groups is 2. The number of hydrogen-bond acceptors (Lipinski definition) is 6. The highest BCUT2D eigenvalue weighted by Crippen LogP contribution is 2.29. The number of aliphatic hydroxyl groups excluding tert-OH is 1. The van der Waals surface area contributed by atoms with Crippen molar-refractivity contribution >= 4 is 29.3 Å². The minimum absolute atomic E-state index is 0.0455. The van der Waals surface area contributed by atoms with E-state index in [2.05, 4.69) is 0 Å². The van der Waals surface area contributed by atoms with Gasteiger partial charge in [-0.2, -0.15) is 0 Å². The Morgan fingerprint density at radius 1 is 0.786 bits per heavy atom. The zero-order valence-corrected chi connectivity index (χ0v) is 14.6. The van der Waals surface area contributed by atoms with E-state index in [-0.39, 0.29) is 30.0 Å². The van der Waals surface area contributed by atoms with Gasteiger partial charge in [-0.25, -0.2) is 0 Å². The van der Waals surface area contributed by atoms with Gasteiger partial charge >= 0.3 is 0 Å². The van der Waals surface area contributed by atoms with Gasteiger partial charge in [0.05, 0.1) is 16.0 Å². The van der Waals surface area contributed by atoms with Gasteiger partial charge in [0.2, 0.25) is 0 Å². The fourth-order valence-electron chi connectivity index (χ4n) is 3.01. The highest BCUT2D eigenvalue weighted by Gasteiger charge is 2.26. The molecule has 0 spiro atoms. The molecule has 28 heavy (non-hydrogen) atoms. The molecule has 0 atom stereocenters. The second-order valence-electron chi connectivity index (χ2n) is 6.43. The molecule has 142 valence electrons. The zero-order valence-electron chi connectivity index (χ0n) is 14.6. The first-order valence-electron chi connectivity index (χ1n) is 8.46. The molecule has 2 aromatic rings. The summed E-state index contributed by atoms with van der Waals surface area (Å²) in [5, 5.41) is 31.6. The van der Waals surface area contributed by atoms with Gasteiger partial charge in [-0.1, -0.05) is 0 Å². The second-order valence-corrected chi connectivity index (χ2v) is 6.43. The van der Waals surface area contributed by atoms with Crippen molar-refractivity contribution in [2.75, 3.05) is 0 Å². The molecule has 0 heterocycles. The van der Waals surface area contributed by atoms with Gasteiger partial charge in [0.25, 0.3) is 11.4 Å². The van der Waals surface area contributed by atoms with E-state index in [1.807, 2.05) is 0 Å². The van der Waals surface area contributed by atoms with E-state index >= 15 is 0 Å². The Morgan fingerprint density at radius 2 is 1.14 bits per heavy atom. The van der Waals surface area contributed by atoms with E-state index in [9.17, 15) is 30.1 Å². The van der Waals surface area contributed by atoms with E-state index in [4.69, 9.17) is 0 Å². The molecule has 0 aromatic heterocycles. The van der Waals surface area contributed by atoms with Crippen molar-refractivity contribution in [3.63, 3.8) is 0 Å². The van der Waals surface area contributed by atoms with Gasteiger partial charge in [0.1, 0.15) is 0 Å². The summed E-state index contributed by atoms with van der Waals surface area (Å²) in [5.41, 5.74) is 1.96. The van der Waals surface area contributed by atoms with Gasteiger partial charge in [-0.15, -0.1) is 0 Å². The first-order valence-corrected chi connectivity index (χ1v) is 8.46. The molecule has 8 heteroatoms. The molecule has 0 saturated heterocycles. The lowest BCUT2D eigenvalue weighted by atomic mass is 9.85. The molecule has 0 aliphatic heterocycles. The maximum absolute atomic E-state index is 12.8. The van der Waals surface area contributed by atoms with E-state index < -0.39 is 16.0 Å². The Morgan fingerprint density at radius 3 is 1.46 bits per heavy atom. The highest BCUT2D eigenvalue weighted by atomic mass is 16.6. The quantitative estimate of drug-likeness (QED) is 0.490. The Hall–Kier alpha value is -3.65. The van der Waals surface area contributed by atoms with Crippen LogP contribution in [0.2, 0.25) is 0 Å². The van der Waals surface area contributed by atoms with Crippen LogP contribution in [0.3, 0.4) is 0 Å². The Balaban J connectivity index is 1.87. The lowest BCUT2D eigenvalue weighted by Gasteiger charge is -2.21. The fourth-order valence-corrected chi connectivity index (χ4v) is 3.01. The third-order valence-electron chi connectivity index (χ3n) is 4.38. The van der Waals surface area contributed by atoms with Gasteiger partial charge in [0.15, 0.2) is 5.78 Å². The number of ketones is 1. The minimum Gasteiger partial charge on any atom is -0.392 e. The van der Waals surface area contributed by atoms with Gasteiger partial charge in [-0.05, 0) is 47.5 Å². The molecule has 3 rings (SSSR count). The van der Waals surface area contributed by atoms with Crippen LogP contribution >= 0.6 is 0 Å². The van der Waals surface area contributed by atoms with Crippen LogP contribution in [0.25, 0.3) is 12.2 Å². The summed E-state index contributed by atoms with van der Waals surface area (Å²) in [6, 6.07) is 11.6. The van der Waals surface area contributed by atoms with E-state index in [0.29, 0.717) is 22.3 Å². The molecule has 0 amide bonds. The highest BCUT2D eigenvalue weighted by molar-refractivity contribution is 6.14. The van der Waals surface area contributed by atoms with Crippen LogP contribution in [0.1, 0.15) is 24.0 Å². The number of nitrogens with zero attached hydrogens (tertiary/aromatic N) is 2. The number of rotatable bonds is 4. The third kappa shape index (κ3) is 4.36. The van der Waals surface area contributed by atoms with E-state index in [0.717, 1.165) is 0 Å². The molecule has 8 nitrogen and oxygen atoms in total. The largest absolute Gasteiger partial charge is 0.392 e. The number of carbonyl (C=O) groups is 1. The van der Waals surface area contributed by atoms with Crippen LogP contribution in [0, 0.1) is 20.2 Å². The van der Waals surface area contributed by atoms with Gasteiger partial charge in [-0.3, -0.25) is 25.0 Å². The number of hydrogen-bond donors (Lipinski definition) is 1. The molecular weight excluding hydrogens is 364 g/mol. The predicted molar refractivity (Wildman–Crippen MR) is 102 cm³/mol. The molecular formula is C20H16N2O6. The van der Waals surface area contributed by atoms with Crippen LogP contribution in [-0.2, 0) is 4.79 Å². The molecule has 0 bridgehead atoms. The summed E-state index contributed by atoms with van der Waals surface area (Å²) in [6.07, 6.45) is 2.86. The minimum atomic E-state index is -0.730. The third-order valence-corrected chi connectivity index (χ3v) is 4.38. The van der Waals surface area contributed by atoms with Crippen molar-refractivity contribution in [1.29, 1.82) is 0 Å². The lowest BCUT2D eigenvalue weighted by molar-refractivity contribution is -0.385. The van der Waals surface area contributed by atoms with Crippen molar-refractivity contribution in [3.05, 3.63) is 91.0 Å². The van der Waals surface area contributed by atoms with Gasteiger partial charge in [0, 0.05) is 48.3 Å². The number of non-ortho nitro benzene ring substituents is 2. The summed E-state index contributed by atoms with van der Waals surface area (Å²) >= 11 is 0. The van der Waals surface area contributed by atoms with E-state index in [1.165, 1.54) is 24.3 Å². The Labute approximate surface area is 159 Å². The lowest BCUT2D eigenvalue weighted by Crippen LogP contribution is -2.23. The molecule has 1 N–H and O–H groups in total. The van der Waals surface area contributed by atoms with Crippen molar-refractivity contribution in [2.24, 2.45) is 0 Å². The van der Waals surface area contributed by atoms with Gasteiger partial charge < -0.3 is 5.11 Å². The normalized spacial score (nSPS) is 19.8. The summed E-state index contributed by atoms with van der Waals surface area (Å²) in [7, 11) is 0. The number of benzene rings is 2. The average molecular weight is 380 g/mol. The topological polar surface area (TPSA) is 124 Å². The van der Waals surface area contributed by atoms with Crippen molar-refractivity contribution in [2.45, 2.75) is 18.9 Å². The number of aliphatic hydroxyl groups is 1. The van der Waals surface area contributed by atoms with E-state index in [1.54, 1.807) is 36.4 Å². The van der Waals surface area contributed by atoms with Crippen molar-refractivity contribution in [3.8, 4) is 0 Å². The van der Waals surface area contributed by atoms with Crippen LogP contribution < -0.4 is 0 Å². The number of nitro benzene ring substituents is 2.